The minimum atomic E-state index is -0.342. The van der Waals surface area contributed by atoms with Crippen LogP contribution in [0.1, 0.15) is 24.2 Å². The molecule has 1 aromatic heterocycles. The lowest BCUT2D eigenvalue weighted by atomic mass is 10.1. The van der Waals surface area contributed by atoms with Gasteiger partial charge in [0.1, 0.15) is 11.5 Å². The molecule has 0 saturated heterocycles. The maximum absolute atomic E-state index is 12.7. The molecule has 8 heteroatoms. The zero-order chi connectivity index (χ0) is 19.2. The maximum atomic E-state index is 12.7. The van der Waals surface area contributed by atoms with Crippen LogP contribution in [0.25, 0.3) is 5.69 Å². The van der Waals surface area contributed by atoms with Crippen LogP contribution in [0.15, 0.2) is 53.7 Å². The monoisotopic (exact) mass is 384 g/mol. The van der Waals surface area contributed by atoms with Gasteiger partial charge in [0.15, 0.2) is 5.78 Å². The van der Waals surface area contributed by atoms with Crippen molar-refractivity contribution in [2.45, 2.75) is 24.3 Å². The zero-order valence-corrected chi connectivity index (χ0v) is 16.1. The predicted octanol–water partition coefficient (Wildman–Crippen LogP) is 3.43. The number of ketones is 1. The number of benzene rings is 2. The molecule has 0 fully saturated rings. The number of nitrogens with zero attached hydrogens (tertiary/aromatic N) is 4. The fourth-order valence-corrected chi connectivity index (χ4v) is 3.35. The SMILES string of the molecule is CCOc1ccc(C(=O)[C@@H](C)Sc2nnnn2-c2ccc(OC)cc2)cc1. The smallest absolute Gasteiger partial charge is 0.214 e. The summed E-state index contributed by atoms with van der Waals surface area (Å²) in [4.78, 5) is 12.7. The van der Waals surface area contributed by atoms with Crippen molar-refractivity contribution >= 4 is 17.5 Å². The minimum Gasteiger partial charge on any atom is -0.497 e. The van der Waals surface area contributed by atoms with Crippen LogP contribution in [-0.4, -0.2) is 45.0 Å². The third kappa shape index (κ3) is 4.46. The van der Waals surface area contributed by atoms with E-state index in [0.29, 0.717) is 17.3 Å². The first-order valence-electron chi connectivity index (χ1n) is 8.49. The summed E-state index contributed by atoms with van der Waals surface area (Å²) in [7, 11) is 1.61. The van der Waals surface area contributed by atoms with Crippen LogP contribution in [0.5, 0.6) is 11.5 Å². The average Bonchev–Trinajstić information content (AvgIpc) is 3.16. The van der Waals surface area contributed by atoms with Crippen LogP contribution in [0.3, 0.4) is 0 Å². The molecule has 7 nitrogen and oxygen atoms in total. The van der Waals surface area contributed by atoms with Crippen molar-refractivity contribution in [3.8, 4) is 17.2 Å². The van der Waals surface area contributed by atoms with Gasteiger partial charge in [0.2, 0.25) is 5.16 Å². The second kappa shape index (κ2) is 8.68. The Bertz CT molecular complexity index is 894. The van der Waals surface area contributed by atoms with Crippen molar-refractivity contribution in [2.75, 3.05) is 13.7 Å². The molecule has 0 aliphatic carbocycles. The van der Waals surface area contributed by atoms with E-state index in [-0.39, 0.29) is 11.0 Å². The third-order valence-corrected chi connectivity index (χ3v) is 4.89. The molecule has 0 amide bonds. The highest BCUT2D eigenvalue weighted by molar-refractivity contribution is 8.00. The van der Waals surface area contributed by atoms with Gasteiger partial charge in [-0.3, -0.25) is 4.79 Å². The zero-order valence-electron chi connectivity index (χ0n) is 15.3. The molecule has 1 atom stereocenters. The fraction of sp³-hybridized carbons (Fsp3) is 0.263. The van der Waals surface area contributed by atoms with Gasteiger partial charge in [0.05, 0.1) is 24.7 Å². The molecule has 0 radical (unpaired) electrons. The highest BCUT2D eigenvalue weighted by Crippen LogP contribution is 2.26. The normalized spacial score (nSPS) is 11.8. The van der Waals surface area contributed by atoms with Crippen LogP contribution >= 0.6 is 11.8 Å². The lowest BCUT2D eigenvalue weighted by molar-refractivity contribution is 0.0994. The van der Waals surface area contributed by atoms with Gasteiger partial charge in [-0.05, 0) is 72.8 Å². The van der Waals surface area contributed by atoms with Gasteiger partial charge in [-0.15, -0.1) is 5.10 Å². The predicted molar refractivity (Wildman–Crippen MR) is 103 cm³/mol. The number of aromatic nitrogens is 4. The molecular formula is C19H20N4O3S. The first kappa shape index (κ1) is 18.9. The Morgan fingerprint density at radius 3 is 2.41 bits per heavy atom. The number of hydrogen-bond donors (Lipinski definition) is 0. The van der Waals surface area contributed by atoms with E-state index in [2.05, 4.69) is 15.5 Å². The number of Topliss-reactive ketones (excluding diaryl/α,β-unsaturated/α-hetero) is 1. The molecular weight excluding hydrogens is 364 g/mol. The Balaban J connectivity index is 1.73. The Hall–Kier alpha value is -2.87. The van der Waals surface area contributed by atoms with Crippen molar-refractivity contribution in [3.05, 3.63) is 54.1 Å². The van der Waals surface area contributed by atoms with E-state index >= 15 is 0 Å². The van der Waals surface area contributed by atoms with Crippen molar-refractivity contribution in [1.82, 2.24) is 20.2 Å². The quantitative estimate of drug-likeness (QED) is 0.435. The fourth-order valence-electron chi connectivity index (χ4n) is 2.47. The van der Waals surface area contributed by atoms with Gasteiger partial charge in [0.25, 0.3) is 0 Å². The average molecular weight is 384 g/mol. The van der Waals surface area contributed by atoms with E-state index in [1.807, 2.05) is 38.1 Å². The van der Waals surface area contributed by atoms with Gasteiger partial charge >= 0.3 is 0 Å². The van der Waals surface area contributed by atoms with E-state index < -0.39 is 0 Å². The molecule has 0 bridgehead atoms. The first-order valence-corrected chi connectivity index (χ1v) is 9.37. The molecule has 0 aliphatic rings. The van der Waals surface area contributed by atoms with Gasteiger partial charge < -0.3 is 9.47 Å². The molecule has 0 unspecified atom stereocenters. The lowest BCUT2D eigenvalue weighted by Crippen LogP contribution is -2.14. The van der Waals surface area contributed by atoms with Crippen molar-refractivity contribution < 1.29 is 14.3 Å². The van der Waals surface area contributed by atoms with Gasteiger partial charge in [-0.2, -0.15) is 4.68 Å². The highest BCUT2D eigenvalue weighted by Gasteiger charge is 2.20. The summed E-state index contributed by atoms with van der Waals surface area (Å²) in [6.07, 6.45) is 0. The van der Waals surface area contributed by atoms with Crippen molar-refractivity contribution in [1.29, 1.82) is 0 Å². The maximum Gasteiger partial charge on any atom is 0.214 e. The number of hydrogen-bond acceptors (Lipinski definition) is 7. The number of methoxy groups -OCH3 is 1. The second-order valence-corrected chi connectivity index (χ2v) is 6.96. The van der Waals surface area contributed by atoms with Crippen LogP contribution in [0.2, 0.25) is 0 Å². The third-order valence-electron chi connectivity index (χ3n) is 3.86. The van der Waals surface area contributed by atoms with Crippen LogP contribution in [0.4, 0.5) is 0 Å². The Morgan fingerprint density at radius 2 is 1.78 bits per heavy atom. The summed E-state index contributed by atoms with van der Waals surface area (Å²) in [6, 6.07) is 14.5. The molecule has 0 saturated carbocycles. The van der Waals surface area contributed by atoms with E-state index in [0.717, 1.165) is 17.2 Å². The number of thioether (sulfide) groups is 1. The van der Waals surface area contributed by atoms with Crippen LogP contribution in [-0.2, 0) is 0 Å². The molecule has 1 heterocycles. The summed E-state index contributed by atoms with van der Waals surface area (Å²) in [5.41, 5.74) is 1.42. The van der Waals surface area contributed by atoms with E-state index in [1.54, 1.807) is 36.1 Å². The topological polar surface area (TPSA) is 79.1 Å². The summed E-state index contributed by atoms with van der Waals surface area (Å²) < 4.78 is 12.2. The molecule has 0 spiro atoms. The molecule has 3 rings (SSSR count). The summed E-state index contributed by atoms with van der Waals surface area (Å²) in [5.74, 6) is 1.50. The standard InChI is InChI=1S/C19H20N4O3S/c1-4-26-17-9-5-14(6-10-17)18(24)13(2)27-19-20-21-22-23(19)15-7-11-16(25-3)12-8-15/h5-13H,4H2,1-3H3/t13-/m1/s1. The Morgan fingerprint density at radius 1 is 1.11 bits per heavy atom. The summed E-state index contributed by atoms with van der Waals surface area (Å²) in [5, 5.41) is 12.0. The number of rotatable bonds is 8. The molecule has 0 N–H and O–H groups in total. The number of carbonyl (C=O) groups is 1. The molecule has 2 aromatic carbocycles. The summed E-state index contributed by atoms with van der Waals surface area (Å²) in [6.45, 7) is 4.36. The van der Waals surface area contributed by atoms with Gasteiger partial charge in [-0.1, -0.05) is 11.8 Å². The largest absolute Gasteiger partial charge is 0.497 e. The van der Waals surface area contributed by atoms with E-state index in [9.17, 15) is 4.79 Å². The van der Waals surface area contributed by atoms with E-state index in [4.69, 9.17) is 9.47 Å². The highest BCUT2D eigenvalue weighted by atomic mass is 32.2. The first-order chi connectivity index (χ1) is 13.1. The van der Waals surface area contributed by atoms with Crippen molar-refractivity contribution in [3.63, 3.8) is 0 Å². The van der Waals surface area contributed by atoms with Gasteiger partial charge in [0, 0.05) is 5.56 Å². The molecule has 140 valence electrons. The van der Waals surface area contributed by atoms with Crippen LogP contribution < -0.4 is 9.47 Å². The number of tetrazole rings is 1. The van der Waals surface area contributed by atoms with Crippen molar-refractivity contribution in [2.24, 2.45) is 0 Å². The van der Waals surface area contributed by atoms with E-state index in [1.165, 1.54) is 11.8 Å². The molecule has 3 aromatic rings. The van der Waals surface area contributed by atoms with Crippen LogP contribution in [0, 0.1) is 0 Å². The number of carbonyl (C=O) groups excluding carboxylic acids is 1. The Kier molecular flexibility index (Phi) is 6.08. The minimum absolute atomic E-state index is 0.00679. The lowest BCUT2D eigenvalue weighted by Gasteiger charge is -2.11. The van der Waals surface area contributed by atoms with Gasteiger partial charge in [-0.25, -0.2) is 0 Å². The second-order valence-electron chi connectivity index (χ2n) is 5.65. The Labute approximate surface area is 161 Å². The number of ether oxygens (including phenoxy) is 2. The summed E-state index contributed by atoms with van der Waals surface area (Å²) >= 11 is 1.31. The molecule has 0 aliphatic heterocycles. The molecule has 27 heavy (non-hydrogen) atoms.